The van der Waals surface area contributed by atoms with Gasteiger partial charge in [-0.1, -0.05) is 0 Å². The first-order chi connectivity index (χ1) is 16.8. The van der Waals surface area contributed by atoms with Crippen molar-refractivity contribution >= 4 is 5.69 Å². The Bertz CT molecular complexity index is 914. The number of anilines is 1. The van der Waals surface area contributed by atoms with Crippen LogP contribution in [0.1, 0.15) is 32.6 Å². The van der Waals surface area contributed by atoms with E-state index in [4.69, 9.17) is 9.47 Å². The van der Waals surface area contributed by atoms with E-state index in [1.165, 1.54) is 17.8 Å². The van der Waals surface area contributed by atoms with Crippen molar-refractivity contribution in [2.45, 2.75) is 57.2 Å². The van der Waals surface area contributed by atoms with E-state index in [0.29, 0.717) is 24.8 Å². The molecule has 4 heterocycles. The number of nitrogens with zero attached hydrogens (tertiary/aromatic N) is 3. The summed E-state index contributed by atoms with van der Waals surface area (Å²) >= 11 is 0. The fraction of sp³-hybridized carbons (Fsp3) is 0.615. The molecule has 4 aliphatic rings. The van der Waals surface area contributed by atoms with Crippen LogP contribution < -0.4 is 9.64 Å². The first kappa shape index (κ1) is 24.5. The lowest BCUT2D eigenvalue weighted by molar-refractivity contribution is -0.274. The SMILES string of the molecule is CC1=CC(N2CCC(OC3CN(C4CCOCC4)C3)CC2)=CCN1c1ccc(OC(F)(F)F)cc1. The van der Waals surface area contributed by atoms with Crippen molar-refractivity contribution in [3.8, 4) is 5.75 Å². The second-order valence-electron chi connectivity index (χ2n) is 9.81. The quantitative estimate of drug-likeness (QED) is 0.580. The zero-order chi connectivity index (χ0) is 24.4. The highest BCUT2D eigenvalue weighted by atomic mass is 19.4. The molecular weight excluding hydrogens is 459 g/mol. The number of likely N-dealkylation sites (tertiary alicyclic amines) is 2. The molecule has 0 unspecified atom stereocenters. The average Bonchev–Trinajstić information content (AvgIpc) is 2.82. The Labute approximate surface area is 204 Å². The zero-order valence-corrected chi connectivity index (χ0v) is 20.2. The number of benzene rings is 1. The molecule has 0 atom stereocenters. The molecule has 4 aliphatic heterocycles. The van der Waals surface area contributed by atoms with Gasteiger partial charge in [0.2, 0.25) is 0 Å². The van der Waals surface area contributed by atoms with Crippen molar-refractivity contribution < 1.29 is 27.4 Å². The third-order valence-corrected chi connectivity index (χ3v) is 7.42. The van der Waals surface area contributed by atoms with Crippen LogP contribution in [0.5, 0.6) is 5.75 Å². The van der Waals surface area contributed by atoms with Crippen molar-refractivity contribution in [2.24, 2.45) is 0 Å². The van der Waals surface area contributed by atoms with Crippen LogP contribution in [-0.4, -0.2) is 80.3 Å². The molecule has 0 saturated carbocycles. The van der Waals surface area contributed by atoms with Crippen molar-refractivity contribution in [2.75, 3.05) is 50.8 Å². The van der Waals surface area contributed by atoms with Gasteiger partial charge in [0.1, 0.15) is 5.75 Å². The zero-order valence-electron chi connectivity index (χ0n) is 20.2. The summed E-state index contributed by atoms with van der Waals surface area (Å²) in [6.45, 7) is 8.53. The molecule has 192 valence electrons. The molecule has 1 aromatic rings. The van der Waals surface area contributed by atoms with E-state index in [2.05, 4.69) is 31.6 Å². The summed E-state index contributed by atoms with van der Waals surface area (Å²) < 4.78 is 53.1. The van der Waals surface area contributed by atoms with Crippen LogP contribution in [0.15, 0.2) is 47.8 Å². The molecular formula is C26H34F3N3O3. The highest BCUT2D eigenvalue weighted by Gasteiger charge is 2.36. The first-order valence-corrected chi connectivity index (χ1v) is 12.6. The maximum atomic E-state index is 12.4. The maximum absolute atomic E-state index is 12.4. The molecule has 0 radical (unpaired) electrons. The third kappa shape index (κ3) is 6.13. The van der Waals surface area contributed by atoms with Crippen LogP contribution in [0.4, 0.5) is 18.9 Å². The lowest BCUT2D eigenvalue weighted by Crippen LogP contribution is -2.58. The van der Waals surface area contributed by atoms with Gasteiger partial charge in [0.05, 0.1) is 12.2 Å². The summed E-state index contributed by atoms with van der Waals surface area (Å²) in [5, 5.41) is 0. The highest BCUT2D eigenvalue weighted by molar-refractivity contribution is 5.56. The fourth-order valence-electron chi connectivity index (χ4n) is 5.46. The highest BCUT2D eigenvalue weighted by Crippen LogP contribution is 2.30. The number of rotatable bonds is 6. The van der Waals surface area contributed by atoms with Crippen LogP contribution in [0.3, 0.4) is 0 Å². The number of alkyl halides is 3. The van der Waals surface area contributed by atoms with Gasteiger partial charge in [-0.3, -0.25) is 4.90 Å². The molecule has 1 aromatic carbocycles. The third-order valence-electron chi connectivity index (χ3n) is 7.42. The van der Waals surface area contributed by atoms with Crippen molar-refractivity contribution in [1.29, 1.82) is 0 Å². The Balaban J connectivity index is 1.07. The van der Waals surface area contributed by atoms with Crippen LogP contribution in [0.25, 0.3) is 0 Å². The van der Waals surface area contributed by atoms with Crippen molar-refractivity contribution in [3.05, 3.63) is 47.8 Å². The minimum Gasteiger partial charge on any atom is -0.406 e. The first-order valence-electron chi connectivity index (χ1n) is 12.6. The molecule has 35 heavy (non-hydrogen) atoms. The minimum atomic E-state index is -4.68. The smallest absolute Gasteiger partial charge is 0.406 e. The van der Waals surface area contributed by atoms with Gasteiger partial charge >= 0.3 is 6.36 Å². The lowest BCUT2D eigenvalue weighted by Gasteiger charge is -2.47. The molecule has 9 heteroatoms. The van der Waals surface area contributed by atoms with Gasteiger partial charge in [-0.15, -0.1) is 13.2 Å². The fourth-order valence-corrected chi connectivity index (χ4v) is 5.46. The van der Waals surface area contributed by atoms with Crippen LogP contribution in [-0.2, 0) is 9.47 Å². The largest absolute Gasteiger partial charge is 0.573 e. The van der Waals surface area contributed by atoms with E-state index in [1.807, 2.05) is 6.92 Å². The average molecular weight is 494 g/mol. The molecule has 6 nitrogen and oxygen atoms in total. The summed E-state index contributed by atoms with van der Waals surface area (Å²) in [6, 6.07) is 6.69. The molecule has 0 aliphatic carbocycles. The Morgan fingerprint density at radius 2 is 1.63 bits per heavy atom. The Morgan fingerprint density at radius 1 is 0.943 bits per heavy atom. The molecule has 5 rings (SSSR count). The summed E-state index contributed by atoms with van der Waals surface area (Å²) in [5.74, 6) is -0.209. The molecule has 3 saturated heterocycles. The topological polar surface area (TPSA) is 37.4 Å². The van der Waals surface area contributed by atoms with E-state index in [1.54, 1.807) is 12.1 Å². The lowest BCUT2D eigenvalue weighted by atomic mass is 10.0. The number of ether oxygens (including phenoxy) is 3. The molecule has 0 amide bonds. The predicted octanol–water partition coefficient (Wildman–Crippen LogP) is 4.54. The van der Waals surface area contributed by atoms with Crippen LogP contribution >= 0.6 is 0 Å². The van der Waals surface area contributed by atoms with Crippen LogP contribution in [0.2, 0.25) is 0 Å². The van der Waals surface area contributed by atoms with Gasteiger partial charge in [0.25, 0.3) is 0 Å². The van der Waals surface area contributed by atoms with Gasteiger partial charge in [-0.2, -0.15) is 0 Å². The molecule has 0 spiro atoms. The number of hydrogen-bond donors (Lipinski definition) is 0. The van der Waals surface area contributed by atoms with Gasteiger partial charge in [-0.25, -0.2) is 0 Å². The minimum absolute atomic E-state index is 0.209. The molecule has 0 bridgehead atoms. The summed E-state index contributed by atoms with van der Waals surface area (Å²) in [6.07, 6.45) is 4.70. The molecule has 0 N–H and O–H groups in total. The summed E-state index contributed by atoms with van der Waals surface area (Å²) in [5.41, 5.74) is 3.11. The second-order valence-corrected chi connectivity index (χ2v) is 9.81. The monoisotopic (exact) mass is 493 g/mol. The number of allylic oxidation sites excluding steroid dienone is 2. The normalized spacial score (nSPS) is 23.7. The van der Waals surface area contributed by atoms with Crippen molar-refractivity contribution in [3.63, 3.8) is 0 Å². The number of piperidine rings is 1. The number of halogens is 3. The van der Waals surface area contributed by atoms with Crippen molar-refractivity contribution in [1.82, 2.24) is 9.80 Å². The number of hydrogen-bond acceptors (Lipinski definition) is 6. The van der Waals surface area contributed by atoms with E-state index >= 15 is 0 Å². The standard InChI is InChI=1S/C26H34F3N3O3/c1-19-16-22(6-13-32(19)21-2-4-24(5-3-21)35-26(27,28)29)30-11-7-23(8-12-30)34-25-17-31(18-25)20-9-14-33-15-10-20/h2-6,16,20,23,25H,7-15,17-18H2,1H3. The van der Waals surface area contributed by atoms with Gasteiger partial charge in [0, 0.05) is 69.1 Å². The van der Waals surface area contributed by atoms with E-state index in [0.717, 1.165) is 76.5 Å². The van der Waals surface area contributed by atoms with Gasteiger partial charge in [0.15, 0.2) is 0 Å². The van der Waals surface area contributed by atoms with E-state index < -0.39 is 6.36 Å². The van der Waals surface area contributed by atoms with E-state index in [9.17, 15) is 13.2 Å². The maximum Gasteiger partial charge on any atom is 0.573 e. The van der Waals surface area contributed by atoms with Gasteiger partial charge < -0.3 is 24.0 Å². The molecule has 3 fully saturated rings. The Kier molecular flexibility index (Phi) is 7.27. The Hall–Kier alpha value is -2.23. The molecule has 0 aromatic heterocycles. The van der Waals surface area contributed by atoms with Crippen LogP contribution in [0, 0.1) is 0 Å². The predicted molar refractivity (Wildman–Crippen MR) is 127 cm³/mol. The van der Waals surface area contributed by atoms with E-state index in [-0.39, 0.29) is 5.75 Å². The van der Waals surface area contributed by atoms with Gasteiger partial charge in [-0.05, 0) is 69.0 Å². The summed E-state index contributed by atoms with van der Waals surface area (Å²) in [4.78, 5) is 7.04. The second kappa shape index (κ2) is 10.4. The summed E-state index contributed by atoms with van der Waals surface area (Å²) in [7, 11) is 0. The Morgan fingerprint density at radius 3 is 2.26 bits per heavy atom.